The first-order chi connectivity index (χ1) is 55.6. The highest BCUT2D eigenvalue weighted by molar-refractivity contribution is 6.11. The number of nitrogens with two attached hydrogens (primary N) is 1. The van der Waals surface area contributed by atoms with Gasteiger partial charge in [-0.25, -0.2) is 14.6 Å². The summed E-state index contributed by atoms with van der Waals surface area (Å²) < 4.78 is 18.3. The maximum atomic E-state index is 15.2. The zero-order valence-corrected chi connectivity index (χ0v) is 71.5. The van der Waals surface area contributed by atoms with Crippen molar-refractivity contribution in [1.82, 2.24) is 81.7 Å². The van der Waals surface area contributed by atoms with Crippen molar-refractivity contribution in [3.05, 3.63) is 110 Å². The normalized spacial score (nSPS) is 23.9. The number of hydrogen-bond acceptors (Lipinski definition) is 23. The topological polar surface area (TPSA) is 429 Å². The van der Waals surface area contributed by atoms with E-state index in [2.05, 4.69) is 60.4 Å². The summed E-state index contributed by atoms with van der Waals surface area (Å²) >= 11 is 0. The van der Waals surface area contributed by atoms with E-state index in [1.54, 1.807) is 62.3 Å². The molecule has 0 spiro atoms. The number of esters is 2. The van der Waals surface area contributed by atoms with Crippen LogP contribution in [0.25, 0.3) is 22.6 Å². The van der Waals surface area contributed by atoms with Crippen LogP contribution in [0.2, 0.25) is 0 Å². The van der Waals surface area contributed by atoms with Crippen LogP contribution in [-0.4, -0.2) is 263 Å². The number of fused-ring (bicyclic) bond motifs is 4. The van der Waals surface area contributed by atoms with Crippen LogP contribution in [-0.2, 0) is 64.0 Å². The van der Waals surface area contributed by atoms with Gasteiger partial charge in [0.1, 0.15) is 71.8 Å². The van der Waals surface area contributed by atoms with E-state index in [-0.39, 0.29) is 65.9 Å². The van der Waals surface area contributed by atoms with E-state index >= 15 is 9.59 Å². The second kappa shape index (κ2) is 40.4. The third kappa shape index (κ3) is 21.5. The number of rotatable bonds is 14. The summed E-state index contributed by atoms with van der Waals surface area (Å²) in [5, 5.41) is 13.5. The number of cyclic esters (lactones) is 2. The first-order valence-electron chi connectivity index (χ1n) is 40.4. The summed E-state index contributed by atoms with van der Waals surface area (Å²) in [6, 6.07) is 4.62. The number of amides is 11. The highest BCUT2D eigenvalue weighted by Gasteiger charge is 2.47. The second-order valence-corrected chi connectivity index (χ2v) is 32.9. The van der Waals surface area contributed by atoms with Gasteiger partial charge in [-0.15, -0.1) is 0 Å². The third-order valence-corrected chi connectivity index (χ3v) is 22.2. The highest BCUT2D eigenvalue weighted by Crippen LogP contribution is 2.36. The van der Waals surface area contributed by atoms with E-state index in [0.717, 1.165) is 21.9 Å². The molecule has 6 aliphatic heterocycles. The lowest BCUT2D eigenvalue weighted by molar-refractivity contribution is -0.163. The maximum absolute atomic E-state index is 15.2. The number of ether oxygens (including phenoxy) is 2. The van der Waals surface area contributed by atoms with Crippen LogP contribution in [0.5, 0.6) is 0 Å². The van der Waals surface area contributed by atoms with Crippen molar-refractivity contribution in [1.29, 1.82) is 0 Å². The second-order valence-electron chi connectivity index (χ2n) is 32.9. The number of nitrogen functional groups attached to an aromatic ring is 1. The largest absolute Gasteiger partial charge is 0.458 e. The van der Waals surface area contributed by atoms with Gasteiger partial charge in [0, 0.05) is 83.4 Å². The van der Waals surface area contributed by atoms with Crippen LogP contribution in [0.3, 0.4) is 0 Å². The van der Waals surface area contributed by atoms with Crippen molar-refractivity contribution in [3.8, 4) is 11.5 Å². The molecular formula is C84H119N17O17. The molecule has 3 aromatic rings. The summed E-state index contributed by atoms with van der Waals surface area (Å²) in [5.74, 6) is -12.4. The predicted octanol–water partition coefficient (Wildman–Crippen LogP) is 3.62. The molecule has 2 aromatic carbocycles. The summed E-state index contributed by atoms with van der Waals surface area (Å²) in [6.07, 6.45) is 4.76. The van der Waals surface area contributed by atoms with Gasteiger partial charge in [-0.2, -0.15) is 0 Å². The van der Waals surface area contributed by atoms with E-state index in [4.69, 9.17) is 24.6 Å². The molecule has 642 valence electrons. The van der Waals surface area contributed by atoms with Crippen molar-refractivity contribution < 1.29 is 76.2 Å². The van der Waals surface area contributed by atoms with Gasteiger partial charge in [0.2, 0.25) is 52.7 Å². The Kier molecular flexibility index (Phi) is 31.7. The molecule has 5 fully saturated rings. The van der Waals surface area contributed by atoms with Crippen LogP contribution in [0, 0.1) is 37.5 Å². The Hall–Kier alpha value is -11.0. The Balaban J connectivity index is 0.000000515. The molecule has 34 nitrogen and oxygen atoms in total. The minimum Gasteiger partial charge on any atom is -0.458 e. The van der Waals surface area contributed by atoms with Gasteiger partial charge in [-0.3, -0.25) is 78.3 Å². The van der Waals surface area contributed by atoms with Crippen molar-refractivity contribution in [2.45, 2.75) is 215 Å². The van der Waals surface area contributed by atoms with Gasteiger partial charge < -0.3 is 75.6 Å². The van der Waals surface area contributed by atoms with E-state index in [9.17, 15) is 57.5 Å². The van der Waals surface area contributed by atoms with E-state index in [1.807, 2.05) is 63.6 Å². The number of carbonyl (C=O) groups excluding carboxylic acids is 13. The zero-order chi connectivity index (χ0) is 87.3. The molecule has 11 atom stereocenters. The Morgan fingerprint density at radius 2 is 1.08 bits per heavy atom. The fourth-order valence-electron chi connectivity index (χ4n) is 15.5. The van der Waals surface area contributed by atoms with Gasteiger partial charge in [0.15, 0.2) is 11.3 Å². The quantitative estimate of drug-likeness (QED) is 0.0340. The summed E-state index contributed by atoms with van der Waals surface area (Å²) in [5.41, 5.74) is 12.6. The number of hydrogen-bond donors (Lipinski definition) is 8. The number of anilines is 1. The van der Waals surface area contributed by atoms with E-state index in [0.29, 0.717) is 30.0 Å². The molecule has 1 aliphatic carbocycles. The van der Waals surface area contributed by atoms with Crippen LogP contribution < -0.4 is 48.6 Å². The average Bonchev–Trinajstić information content (AvgIpc) is 0.985. The average molecular weight is 1640 g/mol. The van der Waals surface area contributed by atoms with Gasteiger partial charge in [-0.05, 0) is 165 Å². The van der Waals surface area contributed by atoms with E-state index < -0.39 is 191 Å². The van der Waals surface area contributed by atoms with E-state index in [1.165, 1.54) is 106 Å². The molecule has 0 unspecified atom stereocenters. The number of benzene rings is 3. The molecule has 9 N–H and O–H groups in total. The molecule has 118 heavy (non-hydrogen) atoms. The molecule has 10 rings (SSSR count). The summed E-state index contributed by atoms with van der Waals surface area (Å²) in [4.78, 5) is 217. The number of nitrogens with one attached hydrogen (secondary N) is 7. The Morgan fingerprint density at radius 3 is 1.52 bits per heavy atom. The molecular weight excluding hydrogens is 1520 g/mol. The Bertz CT molecular complexity index is 4550. The number of aromatic nitrogens is 2. The summed E-state index contributed by atoms with van der Waals surface area (Å²) in [7, 11) is 9.59. The number of hydrazine groups is 1. The van der Waals surface area contributed by atoms with Crippen LogP contribution >= 0.6 is 0 Å². The number of pyridine rings is 1. The zero-order valence-electron chi connectivity index (χ0n) is 71.5. The SMILES string of the molecule is CN1CCC[C@H]1c1cccnc1.CNNCc1ccc(C(=O)NC(C)C)cc1.Cc1c2oc3c(C)ccc(C(=O)N[C@@H]4C(=O)N[C@H](C(C)C)C(=O)N5CCC[C@H]5C(=O)N(C)CC(=O)N(C)[C@@H](C(C)C)C(=O)O[C@@H]4C)c3nc-2c(C(=O)N[C@@H]2C(=O)N[C@H](C(C)C)C(=O)N3CCC[C@H]3C(=O)N(C)CC(=O)N(C)[C@@H](C(C)C)C(=O)O[C@@H]2C)c(N)c1=O. The lowest BCUT2D eigenvalue weighted by atomic mass is 9.98. The molecule has 0 saturated carbocycles. The van der Waals surface area contributed by atoms with Crippen molar-refractivity contribution in [2.75, 3.05) is 80.7 Å². The monoisotopic (exact) mass is 1640 g/mol. The minimum atomic E-state index is -1.88. The van der Waals surface area contributed by atoms with Gasteiger partial charge in [0.25, 0.3) is 17.7 Å². The van der Waals surface area contributed by atoms with Gasteiger partial charge in [0.05, 0.1) is 29.9 Å². The predicted molar refractivity (Wildman–Crippen MR) is 439 cm³/mol. The number of carbonyl (C=O) groups is 13. The van der Waals surface area contributed by atoms with Crippen molar-refractivity contribution in [3.63, 3.8) is 0 Å². The Labute approximate surface area is 689 Å². The number of aryl methyl sites for hydroxylation is 1. The number of nitrogens with zero attached hydrogens (tertiary/aromatic N) is 9. The molecule has 5 saturated heterocycles. The first kappa shape index (κ1) is 92.5. The molecule has 0 bridgehead atoms. The standard InChI is InChI=1S/C62H86N12O16.C12H19N3O.C10H14N2/c1-27(2)42-59(84)73-23-17-19-36(73)57(82)69(13)25-38(75)71(15)48(29(5)6)61(86)88-33(11)44(55(80)65-42)67-53(78)35-22-21-31(9)51-46(35)64-47-40(41(63)50(77)32(10)52(47)90-51)54(79)68-45-34(12)89-62(87)49(30(7)8)72(16)39(76)26-70(14)58(83)37-20-18-24-74(37)60(85)43(28(3)4)66-56(45)81;1-9(2)15-12(16)11-6-4-10(5-7-11)8-14-13-3;1-12-7-3-5-10(12)9-4-2-6-11-8-9/h21-22,27-30,33-34,36-37,42-45,48-49H,17-20,23-26,63H2,1-16H3,(H,65,80)(H,66,81)(H,67,78)(H,68,79);4-7,9,13-14H,8H2,1-3H3,(H,15,16);2,4,6,8,10H,3,5,7H2,1H3/t33-,34-,36+,37+,42-,43-,44+,45+,48+,49+;;10-/m1.0/s1. The van der Waals surface area contributed by atoms with Gasteiger partial charge in [-0.1, -0.05) is 79.7 Å². The Morgan fingerprint density at radius 1 is 0.593 bits per heavy atom. The fraction of sp³-hybridized carbons (Fsp3) is 0.571. The third-order valence-electron chi connectivity index (χ3n) is 22.2. The highest BCUT2D eigenvalue weighted by atomic mass is 16.6. The molecule has 0 radical (unpaired) electrons. The van der Waals surface area contributed by atoms with Crippen molar-refractivity contribution in [2.24, 2.45) is 23.7 Å². The smallest absolute Gasteiger partial charge is 0.329 e. The molecule has 11 amide bonds. The first-order valence-corrected chi connectivity index (χ1v) is 40.4. The lowest BCUT2D eigenvalue weighted by Crippen LogP contribution is -2.61. The fourth-order valence-corrected chi connectivity index (χ4v) is 15.5. The molecule has 7 aliphatic rings. The van der Waals surface area contributed by atoms with Crippen LogP contribution in [0.15, 0.2) is 70.1 Å². The number of likely N-dealkylation sites (N-methyl/N-ethyl adjacent to an activating group) is 4. The van der Waals surface area contributed by atoms with Crippen LogP contribution in [0.1, 0.15) is 181 Å². The van der Waals surface area contributed by atoms with Crippen molar-refractivity contribution >= 4 is 93.7 Å². The minimum absolute atomic E-state index is 0.0249. The molecule has 1 aromatic heterocycles. The van der Waals surface area contributed by atoms with Crippen LogP contribution in [0.4, 0.5) is 5.69 Å². The molecule has 7 heterocycles. The number of likely N-dealkylation sites (tertiary alicyclic amines) is 1. The summed E-state index contributed by atoms with van der Waals surface area (Å²) in [6.45, 7) is 24.2. The van der Waals surface area contributed by atoms with Gasteiger partial charge >= 0.3 is 11.9 Å². The molecule has 34 heteroatoms. The maximum Gasteiger partial charge on any atom is 0.329 e. The lowest BCUT2D eigenvalue weighted by Gasteiger charge is -2.36.